The van der Waals surface area contributed by atoms with Gasteiger partial charge in [-0.1, -0.05) is 0 Å². The van der Waals surface area contributed by atoms with Crippen molar-refractivity contribution >= 4 is 0 Å². The molecule has 1 heterocycles. The molecule has 2 saturated carbocycles. The molecular weight excluding hydrogens is 202 g/mol. The van der Waals surface area contributed by atoms with Crippen LogP contribution in [0.4, 0.5) is 0 Å². The van der Waals surface area contributed by atoms with Crippen LogP contribution in [0.3, 0.4) is 0 Å². The molecule has 0 bridgehead atoms. The van der Waals surface area contributed by atoms with Crippen molar-refractivity contribution in [2.75, 3.05) is 7.05 Å². The maximum atomic E-state index is 5.66. The molecule has 4 nitrogen and oxygen atoms in total. The molecule has 1 aromatic heterocycles. The fourth-order valence-corrected chi connectivity index (χ4v) is 2.12. The zero-order valence-corrected chi connectivity index (χ0v) is 10.0. The molecule has 0 amide bonds. The first-order valence-corrected chi connectivity index (χ1v) is 6.26. The van der Waals surface area contributed by atoms with Crippen molar-refractivity contribution < 1.29 is 4.42 Å². The van der Waals surface area contributed by atoms with Gasteiger partial charge in [-0.25, -0.2) is 0 Å². The highest BCUT2D eigenvalue weighted by molar-refractivity contribution is 5.00. The summed E-state index contributed by atoms with van der Waals surface area (Å²) in [6.45, 7) is 3.08. The maximum Gasteiger partial charge on any atom is 0.230 e. The Morgan fingerprint density at radius 2 is 2.06 bits per heavy atom. The molecule has 2 fully saturated rings. The molecule has 3 rings (SSSR count). The second kappa shape index (κ2) is 3.84. The van der Waals surface area contributed by atoms with Gasteiger partial charge in [0.25, 0.3) is 0 Å². The summed E-state index contributed by atoms with van der Waals surface area (Å²) in [6.07, 6.45) is 5.19. The lowest BCUT2D eigenvalue weighted by atomic mass is 10.2. The molecule has 0 spiro atoms. The Labute approximate surface area is 96.0 Å². The zero-order valence-electron chi connectivity index (χ0n) is 10.0. The second-order valence-electron chi connectivity index (χ2n) is 5.30. The third-order valence-electron chi connectivity index (χ3n) is 3.79. The first-order chi connectivity index (χ1) is 7.74. The molecule has 0 aromatic carbocycles. The van der Waals surface area contributed by atoms with Gasteiger partial charge >= 0.3 is 0 Å². The molecule has 2 aliphatic rings. The van der Waals surface area contributed by atoms with Crippen molar-refractivity contribution in [2.45, 2.75) is 51.1 Å². The van der Waals surface area contributed by atoms with Gasteiger partial charge in [-0.3, -0.25) is 4.90 Å². The summed E-state index contributed by atoms with van der Waals surface area (Å²) in [4.78, 5) is 2.32. The number of rotatable bonds is 5. The molecule has 0 radical (unpaired) electrons. The summed E-state index contributed by atoms with van der Waals surface area (Å²) < 4.78 is 5.66. The van der Waals surface area contributed by atoms with E-state index in [-0.39, 0.29) is 0 Å². The van der Waals surface area contributed by atoms with Crippen LogP contribution in [0.2, 0.25) is 0 Å². The third-order valence-corrected chi connectivity index (χ3v) is 3.79. The number of hydrogen-bond acceptors (Lipinski definition) is 4. The molecule has 88 valence electrons. The Balaban J connectivity index is 1.59. The predicted octanol–water partition coefficient (Wildman–Crippen LogP) is 2.18. The van der Waals surface area contributed by atoms with Crippen molar-refractivity contribution in [1.29, 1.82) is 0 Å². The molecule has 4 heteroatoms. The van der Waals surface area contributed by atoms with E-state index in [9.17, 15) is 0 Å². The van der Waals surface area contributed by atoms with E-state index in [4.69, 9.17) is 4.42 Å². The van der Waals surface area contributed by atoms with Crippen molar-refractivity contribution in [3.63, 3.8) is 0 Å². The summed E-state index contributed by atoms with van der Waals surface area (Å²) in [5, 5.41) is 8.23. The largest absolute Gasteiger partial charge is 0.424 e. The summed E-state index contributed by atoms with van der Waals surface area (Å²) in [5.41, 5.74) is 0. The Morgan fingerprint density at radius 1 is 1.31 bits per heavy atom. The molecule has 0 saturated heterocycles. The van der Waals surface area contributed by atoms with E-state index in [1.54, 1.807) is 0 Å². The summed E-state index contributed by atoms with van der Waals surface area (Å²) >= 11 is 0. The van der Waals surface area contributed by atoms with E-state index >= 15 is 0 Å². The maximum absolute atomic E-state index is 5.66. The van der Waals surface area contributed by atoms with Gasteiger partial charge in [0.1, 0.15) is 0 Å². The van der Waals surface area contributed by atoms with Gasteiger partial charge in [-0.2, -0.15) is 0 Å². The highest BCUT2D eigenvalue weighted by atomic mass is 16.4. The van der Waals surface area contributed by atoms with Crippen LogP contribution in [-0.2, 0) is 6.54 Å². The van der Waals surface area contributed by atoms with Crippen LogP contribution >= 0.6 is 0 Å². The molecule has 1 unspecified atom stereocenters. The van der Waals surface area contributed by atoms with Crippen LogP contribution in [0.15, 0.2) is 4.42 Å². The van der Waals surface area contributed by atoms with E-state index in [0.717, 1.165) is 24.2 Å². The van der Waals surface area contributed by atoms with Crippen molar-refractivity contribution in [3.8, 4) is 0 Å². The Hall–Kier alpha value is -0.900. The molecule has 16 heavy (non-hydrogen) atoms. The molecule has 0 N–H and O–H groups in total. The van der Waals surface area contributed by atoms with Gasteiger partial charge in [-0.15, -0.1) is 10.2 Å². The number of nitrogens with zero attached hydrogens (tertiary/aromatic N) is 3. The van der Waals surface area contributed by atoms with E-state index in [1.165, 1.54) is 25.7 Å². The lowest BCUT2D eigenvalue weighted by Crippen LogP contribution is -2.30. The van der Waals surface area contributed by atoms with Crippen molar-refractivity contribution in [2.24, 2.45) is 5.92 Å². The van der Waals surface area contributed by atoms with E-state index in [0.29, 0.717) is 12.0 Å². The molecule has 2 aliphatic carbocycles. The molecular formula is C12H19N3O. The van der Waals surface area contributed by atoms with Gasteiger partial charge in [0.05, 0.1) is 6.54 Å². The van der Waals surface area contributed by atoms with Crippen molar-refractivity contribution in [3.05, 3.63) is 11.8 Å². The van der Waals surface area contributed by atoms with Crippen LogP contribution in [0.5, 0.6) is 0 Å². The van der Waals surface area contributed by atoms with Gasteiger partial charge in [-0.05, 0) is 45.6 Å². The lowest BCUT2D eigenvalue weighted by Gasteiger charge is -2.22. The lowest BCUT2D eigenvalue weighted by molar-refractivity contribution is 0.204. The first-order valence-electron chi connectivity index (χ1n) is 6.26. The van der Waals surface area contributed by atoms with Gasteiger partial charge < -0.3 is 4.42 Å². The average molecular weight is 221 g/mol. The van der Waals surface area contributed by atoms with E-state index in [1.807, 2.05) is 0 Å². The van der Waals surface area contributed by atoms with Crippen LogP contribution in [-0.4, -0.2) is 28.2 Å². The van der Waals surface area contributed by atoms with Gasteiger partial charge in [0.15, 0.2) is 0 Å². The predicted molar refractivity (Wildman–Crippen MR) is 59.9 cm³/mol. The Morgan fingerprint density at radius 3 is 2.69 bits per heavy atom. The highest BCUT2D eigenvalue weighted by Gasteiger charge is 2.32. The van der Waals surface area contributed by atoms with Crippen LogP contribution in [0.1, 0.15) is 50.3 Å². The minimum Gasteiger partial charge on any atom is -0.424 e. The van der Waals surface area contributed by atoms with Gasteiger partial charge in [0.2, 0.25) is 11.8 Å². The molecule has 1 atom stereocenters. The fourth-order valence-electron chi connectivity index (χ4n) is 2.12. The van der Waals surface area contributed by atoms with Crippen LogP contribution < -0.4 is 0 Å². The number of hydrogen-bond donors (Lipinski definition) is 0. The normalized spacial score (nSPS) is 22.7. The van der Waals surface area contributed by atoms with E-state index < -0.39 is 0 Å². The van der Waals surface area contributed by atoms with E-state index in [2.05, 4.69) is 29.1 Å². The topological polar surface area (TPSA) is 42.2 Å². The summed E-state index contributed by atoms with van der Waals surface area (Å²) in [7, 11) is 2.14. The summed E-state index contributed by atoms with van der Waals surface area (Å²) in [5.74, 6) is 3.07. The van der Waals surface area contributed by atoms with Crippen LogP contribution in [0.25, 0.3) is 0 Å². The smallest absolute Gasteiger partial charge is 0.230 e. The average Bonchev–Trinajstić information content (AvgIpc) is 3.17. The molecule has 1 aromatic rings. The standard InChI is InChI=1S/C12H19N3O/c1-8(9-3-4-9)15(2)7-11-13-14-12(16-11)10-5-6-10/h8-10H,3-7H2,1-2H3. The monoisotopic (exact) mass is 221 g/mol. The molecule has 0 aliphatic heterocycles. The number of aromatic nitrogens is 2. The SMILES string of the molecule is CC(C1CC1)N(C)Cc1nnc(C2CC2)o1. The summed E-state index contributed by atoms with van der Waals surface area (Å²) in [6, 6.07) is 0.635. The minimum absolute atomic E-state index is 0.562. The first kappa shape index (κ1) is 10.3. The Bertz CT molecular complexity index is 368. The third kappa shape index (κ3) is 2.12. The quantitative estimate of drug-likeness (QED) is 0.764. The van der Waals surface area contributed by atoms with Crippen LogP contribution in [0, 0.1) is 5.92 Å². The minimum atomic E-state index is 0.562. The fraction of sp³-hybridized carbons (Fsp3) is 0.833. The zero-order chi connectivity index (χ0) is 11.1. The second-order valence-corrected chi connectivity index (χ2v) is 5.30. The van der Waals surface area contributed by atoms with Crippen molar-refractivity contribution in [1.82, 2.24) is 15.1 Å². The highest BCUT2D eigenvalue weighted by Crippen LogP contribution is 2.39. The van der Waals surface area contributed by atoms with Gasteiger partial charge in [0, 0.05) is 12.0 Å². The Kier molecular flexibility index (Phi) is 2.46.